The van der Waals surface area contributed by atoms with Crippen LogP contribution in [-0.4, -0.2) is 38.9 Å². The number of rotatable bonds is 5. The van der Waals surface area contributed by atoms with E-state index in [9.17, 15) is 9.50 Å². The van der Waals surface area contributed by atoms with Gasteiger partial charge in [0.25, 0.3) is 0 Å². The lowest BCUT2D eigenvalue weighted by molar-refractivity contribution is 0.262. The molecule has 158 valence electrons. The highest BCUT2D eigenvalue weighted by molar-refractivity contribution is 5.71. The molecule has 0 unspecified atom stereocenters. The molecule has 1 fully saturated rings. The van der Waals surface area contributed by atoms with E-state index in [1.165, 1.54) is 12.1 Å². The summed E-state index contributed by atoms with van der Waals surface area (Å²) in [6.07, 6.45) is 4.03. The summed E-state index contributed by atoms with van der Waals surface area (Å²) in [5.74, 6) is 0.677. The number of halogens is 1. The predicted molar refractivity (Wildman–Crippen MR) is 121 cm³/mol. The van der Waals surface area contributed by atoms with Crippen LogP contribution in [0.3, 0.4) is 0 Å². The van der Waals surface area contributed by atoms with Crippen molar-refractivity contribution in [2.75, 3.05) is 18.1 Å². The Kier molecular flexibility index (Phi) is 5.38. The minimum atomic E-state index is -0.285. The third-order valence-corrected chi connectivity index (χ3v) is 5.98. The number of aliphatic hydroxyl groups excluding tert-OH is 1. The molecule has 1 atom stereocenters. The number of aliphatic hydroxyl groups is 1. The second-order valence-corrected chi connectivity index (χ2v) is 8.03. The van der Waals surface area contributed by atoms with Gasteiger partial charge in [0.05, 0.1) is 11.4 Å². The van der Waals surface area contributed by atoms with Gasteiger partial charge in [-0.05, 0) is 37.8 Å². The Bertz CT molecular complexity index is 1190. The number of aromatic nitrogens is 3. The van der Waals surface area contributed by atoms with Crippen LogP contribution in [0, 0.1) is 5.82 Å². The number of fused-ring (bicyclic) bond motifs is 1. The summed E-state index contributed by atoms with van der Waals surface area (Å²) >= 11 is 0. The maximum absolute atomic E-state index is 13.8. The summed E-state index contributed by atoms with van der Waals surface area (Å²) in [6.45, 7) is 1.07. The summed E-state index contributed by atoms with van der Waals surface area (Å²) in [4.78, 5) is 7.22. The molecule has 3 heterocycles. The van der Waals surface area contributed by atoms with Gasteiger partial charge >= 0.3 is 0 Å². The van der Waals surface area contributed by atoms with E-state index < -0.39 is 0 Å². The highest BCUT2D eigenvalue weighted by atomic mass is 19.1. The highest BCUT2D eigenvalue weighted by Gasteiger charge is 2.26. The molecule has 2 aromatic carbocycles. The standard InChI is InChI=1S/C25H25FN4O/c26-20-10-6-9-19(15-20)23-16-24-27-22(18-7-2-1-3-8-18)17-25(30(24)28-23)29-13-5-4-11-21(29)12-14-31/h1-3,6-10,15-17,21,31H,4-5,11-14H2/t21-/m0/s1. The fourth-order valence-corrected chi connectivity index (χ4v) is 4.46. The Hall–Kier alpha value is -3.25. The van der Waals surface area contributed by atoms with Gasteiger partial charge in [-0.1, -0.05) is 42.5 Å². The van der Waals surface area contributed by atoms with E-state index in [4.69, 9.17) is 10.1 Å². The van der Waals surface area contributed by atoms with Gasteiger partial charge in [0.1, 0.15) is 11.6 Å². The van der Waals surface area contributed by atoms with Crippen LogP contribution in [0.2, 0.25) is 0 Å². The zero-order valence-electron chi connectivity index (χ0n) is 17.3. The van der Waals surface area contributed by atoms with Gasteiger partial charge in [-0.3, -0.25) is 0 Å². The number of hydrogen-bond acceptors (Lipinski definition) is 4. The highest BCUT2D eigenvalue weighted by Crippen LogP contribution is 2.32. The summed E-state index contributed by atoms with van der Waals surface area (Å²) in [7, 11) is 0. The molecule has 31 heavy (non-hydrogen) atoms. The van der Waals surface area contributed by atoms with Crippen molar-refractivity contribution >= 4 is 11.5 Å². The largest absolute Gasteiger partial charge is 0.396 e. The number of piperidine rings is 1. The van der Waals surface area contributed by atoms with Crippen molar-refractivity contribution < 1.29 is 9.50 Å². The summed E-state index contributed by atoms with van der Waals surface area (Å²) in [5.41, 5.74) is 4.05. The van der Waals surface area contributed by atoms with Crippen molar-refractivity contribution in [1.82, 2.24) is 14.6 Å². The smallest absolute Gasteiger partial charge is 0.158 e. The first-order chi connectivity index (χ1) is 15.2. The van der Waals surface area contributed by atoms with Crippen molar-refractivity contribution in [3.05, 3.63) is 72.5 Å². The first-order valence-corrected chi connectivity index (χ1v) is 10.8. The predicted octanol–water partition coefficient (Wildman–Crippen LogP) is 4.94. The Morgan fingerprint density at radius 2 is 1.77 bits per heavy atom. The minimum Gasteiger partial charge on any atom is -0.396 e. The normalized spacial score (nSPS) is 16.7. The van der Waals surface area contributed by atoms with E-state index in [1.807, 2.05) is 47.0 Å². The molecule has 5 nitrogen and oxygen atoms in total. The molecular weight excluding hydrogens is 391 g/mol. The van der Waals surface area contributed by atoms with E-state index >= 15 is 0 Å². The molecule has 0 saturated carbocycles. The SMILES string of the molecule is OCC[C@@H]1CCCCN1c1cc(-c2ccccc2)nc2cc(-c3cccc(F)c3)nn12. The molecule has 1 saturated heterocycles. The maximum Gasteiger partial charge on any atom is 0.158 e. The van der Waals surface area contributed by atoms with Crippen LogP contribution in [0.15, 0.2) is 66.7 Å². The summed E-state index contributed by atoms with van der Waals surface area (Å²) in [6, 6.07) is 20.8. The molecule has 2 aromatic heterocycles. The molecule has 0 aliphatic carbocycles. The van der Waals surface area contributed by atoms with Gasteiger partial charge in [0.2, 0.25) is 0 Å². The van der Waals surface area contributed by atoms with Gasteiger partial charge < -0.3 is 10.0 Å². The second-order valence-electron chi connectivity index (χ2n) is 8.03. The van der Waals surface area contributed by atoms with Crippen LogP contribution in [0.25, 0.3) is 28.2 Å². The van der Waals surface area contributed by atoms with Gasteiger partial charge in [-0.15, -0.1) is 0 Å². The Morgan fingerprint density at radius 1 is 0.935 bits per heavy atom. The second kappa shape index (κ2) is 8.47. The first kappa shape index (κ1) is 19.7. The van der Waals surface area contributed by atoms with E-state index in [0.29, 0.717) is 5.69 Å². The average molecular weight is 417 g/mol. The molecular formula is C25H25FN4O. The van der Waals surface area contributed by atoms with Crippen LogP contribution in [0.1, 0.15) is 25.7 Å². The number of hydrogen-bond donors (Lipinski definition) is 1. The quantitative estimate of drug-likeness (QED) is 0.501. The van der Waals surface area contributed by atoms with E-state index in [-0.39, 0.29) is 18.5 Å². The number of benzene rings is 2. The third-order valence-electron chi connectivity index (χ3n) is 5.98. The molecule has 5 rings (SSSR count). The van der Waals surface area contributed by atoms with Gasteiger partial charge in [0, 0.05) is 42.5 Å². The third kappa shape index (κ3) is 3.91. The average Bonchev–Trinajstić information content (AvgIpc) is 3.24. The Morgan fingerprint density at radius 3 is 2.58 bits per heavy atom. The van der Waals surface area contributed by atoms with Gasteiger partial charge in [-0.25, -0.2) is 9.37 Å². The molecule has 0 amide bonds. The van der Waals surface area contributed by atoms with E-state index in [0.717, 1.165) is 60.5 Å². The fraction of sp³-hybridized carbons (Fsp3) is 0.280. The summed E-state index contributed by atoms with van der Waals surface area (Å²) in [5, 5.41) is 14.4. The zero-order chi connectivity index (χ0) is 21.2. The fourth-order valence-electron chi connectivity index (χ4n) is 4.46. The number of nitrogens with zero attached hydrogens (tertiary/aromatic N) is 4. The van der Waals surface area contributed by atoms with Crippen LogP contribution >= 0.6 is 0 Å². The molecule has 4 aromatic rings. The lowest BCUT2D eigenvalue weighted by Crippen LogP contribution is -2.41. The lowest BCUT2D eigenvalue weighted by atomic mass is 9.99. The molecule has 6 heteroatoms. The first-order valence-electron chi connectivity index (χ1n) is 10.8. The van der Waals surface area contributed by atoms with Crippen LogP contribution in [0.5, 0.6) is 0 Å². The summed E-state index contributed by atoms with van der Waals surface area (Å²) < 4.78 is 15.7. The topological polar surface area (TPSA) is 53.7 Å². The minimum absolute atomic E-state index is 0.161. The van der Waals surface area contributed by atoms with Crippen LogP contribution in [0.4, 0.5) is 10.2 Å². The van der Waals surface area contributed by atoms with Crippen molar-refractivity contribution in [2.24, 2.45) is 0 Å². The maximum atomic E-state index is 13.8. The zero-order valence-corrected chi connectivity index (χ0v) is 17.3. The Labute approximate surface area is 180 Å². The van der Waals surface area contributed by atoms with E-state index in [2.05, 4.69) is 11.0 Å². The monoisotopic (exact) mass is 416 g/mol. The molecule has 0 bridgehead atoms. The van der Waals surface area contributed by atoms with Crippen molar-refractivity contribution in [3.8, 4) is 22.5 Å². The molecule has 1 N–H and O–H groups in total. The van der Waals surface area contributed by atoms with E-state index in [1.54, 1.807) is 6.07 Å². The molecule has 0 spiro atoms. The van der Waals surface area contributed by atoms with Crippen molar-refractivity contribution in [1.29, 1.82) is 0 Å². The molecule has 1 aliphatic rings. The van der Waals surface area contributed by atoms with Crippen molar-refractivity contribution in [3.63, 3.8) is 0 Å². The van der Waals surface area contributed by atoms with Crippen LogP contribution in [-0.2, 0) is 0 Å². The number of anilines is 1. The lowest BCUT2D eigenvalue weighted by Gasteiger charge is -2.37. The van der Waals surface area contributed by atoms with Crippen LogP contribution < -0.4 is 4.90 Å². The molecule has 1 aliphatic heterocycles. The van der Waals surface area contributed by atoms with Gasteiger partial charge in [-0.2, -0.15) is 9.61 Å². The molecule has 0 radical (unpaired) electrons. The van der Waals surface area contributed by atoms with Gasteiger partial charge in [0.15, 0.2) is 5.65 Å². The van der Waals surface area contributed by atoms with Crippen molar-refractivity contribution in [2.45, 2.75) is 31.7 Å². The Balaban J connectivity index is 1.69.